The van der Waals surface area contributed by atoms with E-state index in [0.29, 0.717) is 34.6 Å². The average molecular weight is 500 g/mol. The lowest BCUT2D eigenvalue weighted by atomic mass is 10.1. The normalized spacial score (nSPS) is 11.8. The Morgan fingerprint density at radius 1 is 1.06 bits per heavy atom. The molecule has 180 valence electrons. The number of aryl methyl sites for hydroxylation is 1. The Hall–Kier alpha value is -4.37. The summed E-state index contributed by atoms with van der Waals surface area (Å²) in [4.78, 5) is 41.6. The van der Waals surface area contributed by atoms with E-state index in [1.807, 2.05) is 31.2 Å². The van der Waals surface area contributed by atoms with Crippen molar-refractivity contribution in [3.8, 4) is 11.3 Å². The third-order valence-corrected chi connectivity index (χ3v) is 6.48. The number of benzene rings is 2. The van der Waals surface area contributed by atoms with Gasteiger partial charge >= 0.3 is 5.97 Å². The van der Waals surface area contributed by atoms with Gasteiger partial charge in [-0.05, 0) is 43.7 Å². The maximum absolute atomic E-state index is 13.0. The molecule has 0 unspecified atom stereocenters. The van der Waals surface area contributed by atoms with Crippen LogP contribution in [0.4, 0.5) is 0 Å². The number of carbonyl (C=O) groups is 1. The second kappa shape index (κ2) is 9.71. The molecule has 0 aliphatic heterocycles. The monoisotopic (exact) mass is 499 g/mol. The third kappa shape index (κ3) is 4.73. The largest absolute Gasteiger partial charge is 0.462 e. The van der Waals surface area contributed by atoms with E-state index in [9.17, 15) is 14.4 Å². The molecule has 3 aromatic heterocycles. The van der Waals surface area contributed by atoms with Gasteiger partial charge in [0.05, 0.1) is 12.2 Å². The summed E-state index contributed by atoms with van der Waals surface area (Å²) in [5, 5.41) is 4.29. The zero-order valence-corrected chi connectivity index (χ0v) is 20.4. The average Bonchev–Trinajstić information content (AvgIpc) is 3.46. The highest BCUT2D eigenvalue weighted by molar-refractivity contribution is 7.15. The summed E-state index contributed by atoms with van der Waals surface area (Å²) < 4.78 is 12.4. The first-order chi connectivity index (χ1) is 17.4. The molecule has 9 heteroatoms. The molecule has 0 N–H and O–H groups in total. The Morgan fingerprint density at radius 2 is 1.81 bits per heavy atom. The lowest BCUT2D eigenvalue weighted by Crippen LogP contribution is -2.28. The molecule has 0 amide bonds. The molecule has 3 heterocycles. The van der Waals surface area contributed by atoms with Crippen LogP contribution in [0.5, 0.6) is 0 Å². The third-order valence-electron chi connectivity index (χ3n) is 5.52. The van der Waals surface area contributed by atoms with Gasteiger partial charge in [-0.2, -0.15) is 14.6 Å². The van der Waals surface area contributed by atoms with E-state index in [2.05, 4.69) is 10.1 Å². The summed E-state index contributed by atoms with van der Waals surface area (Å²) in [6.07, 6.45) is 1.89. The molecule has 0 radical (unpaired) electrons. The first kappa shape index (κ1) is 23.4. The number of nitrogens with zero attached hydrogens (tertiary/aromatic N) is 3. The number of furan rings is 1. The fourth-order valence-corrected chi connectivity index (χ4v) is 4.54. The van der Waals surface area contributed by atoms with Crippen molar-refractivity contribution >= 4 is 28.3 Å². The first-order valence-electron chi connectivity index (χ1n) is 11.3. The lowest BCUT2D eigenvalue weighted by Gasteiger charge is -2.02. The van der Waals surface area contributed by atoms with Crippen molar-refractivity contribution in [2.45, 2.75) is 20.3 Å². The Labute approximate surface area is 209 Å². The van der Waals surface area contributed by atoms with Crippen molar-refractivity contribution in [2.75, 3.05) is 6.61 Å². The van der Waals surface area contributed by atoms with E-state index >= 15 is 0 Å². The Kier molecular flexibility index (Phi) is 6.30. The second-order valence-corrected chi connectivity index (χ2v) is 9.15. The molecule has 0 spiro atoms. The number of hydrogen-bond acceptors (Lipinski definition) is 8. The fourth-order valence-electron chi connectivity index (χ4n) is 3.65. The van der Waals surface area contributed by atoms with Crippen LogP contribution in [-0.2, 0) is 11.2 Å². The molecule has 36 heavy (non-hydrogen) atoms. The van der Waals surface area contributed by atoms with Gasteiger partial charge in [0.25, 0.3) is 11.1 Å². The van der Waals surface area contributed by atoms with E-state index in [0.717, 1.165) is 28.0 Å². The number of aromatic nitrogens is 3. The van der Waals surface area contributed by atoms with Gasteiger partial charge in [0.2, 0.25) is 4.96 Å². The number of rotatable bonds is 6. The van der Waals surface area contributed by atoms with Crippen molar-refractivity contribution in [2.24, 2.45) is 0 Å². The Morgan fingerprint density at radius 3 is 2.53 bits per heavy atom. The molecule has 0 fully saturated rings. The van der Waals surface area contributed by atoms with Crippen LogP contribution in [0.3, 0.4) is 0 Å². The highest BCUT2D eigenvalue weighted by atomic mass is 32.1. The van der Waals surface area contributed by atoms with Crippen molar-refractivity contribution in [1.29, 1.82) is 0 Å². The van der Waals surface area contributed by atoms with Crippen molar-refractivity contribution in [3.05, 3.63) is 114 Å². The van der Waals surface area contributed by atoms with Gasteiger partial charge in [-0.1, -0.05) is 53.3 Å². The summed E-state index contributed by atoms with van der Waals surface area (Å²) >= 11 is 1.07. The molecular weight excluding hydrogens is 478 g/mol. The van der Waals surface area contributed by atoms with E-state index in [-0.39, 0.29) is 22.2 Å². The molecule has 2 aromatic carbocycles. The highest BCUT2D eigenvalue weighted by Gasteiger charge is 2.13. The molecule has 8 nitrogen and oxygen atoms in total. The minimum Gasteiger partial charge on any atom is -0.462 e. The number of esters is 1. The molecule has 5 rings (SSSR count). The standard InChI is InChI=1S/C27H21N3O5S/c1-3-34-26(33)19-10-8-18(9-11-19)22-13-12-20(35-22)15-23-25(32)30-27(36-23)28-24(31)21(29-30)14-17-6-4-16(2)5-7-17/h4-13,15H,3,14H2,1-2H3/b23-15-. The SMILES string of the molecule is CCOC(=O)c1ccc(-c2ccc(/C=c3\sc4nc(=O)c(Cc5ccc(C)cc5)nn4c3=O)o2)cc1. The zero-order valence-electron chi connectivity index (χ0n) is 19.6. The van der Waals surface area contributed by atoms with Gasteiger partial charge in [-0.3, -0.25) is 9.59 Å². The minimum atomic E-state index is -0.449. The van der Waals surface area contributed by atoms with Crippen LogP contribution < -0.4 is 15.7 Å². The lowest BCUT2D eigenvalue weighted by molar-refractivity contribution is 0.0526. The molecule has 0 saturated heterocycles. The van der Waals surface area contributed by atoms with Crippen LogP contribution >= 0.6 is 11.3 Å². The topological polar surface area (TPSA) is 104 Å². The predicted molar refractivity (Wildman–Crippen MR) is 136 cm³/mol. The molecule has 0 saturated carbocycles. The number of carbonyl (C=O) groups excluding carboxylic acids is 1. The quantitative estimate of drug-likeness (QED) is 0.330. The molecule has 0 aliphatic rings. The summed E-state index contributed by atoms with van der Waals surface area (Å²) in [7, 11) is 0. The van der Waals surface area contributed by atoms with Gasteiger partial charge in [-0.15, -0.1) is 0 Å². The van der Waals surface area contributed by atoms with Gasteiger partial charge in [0.1, 0.15) is 21.7 Å². The van der Waals surface area contributed by atoms with Gasteiger partial charge < -0.3 is 9.15 Å². The smallest absolute Gasteiger partial charge is 0.338 e. The van der Waals surface area contributed by atoms with Gasteiger partial charge in [-0.25, -0.2) is 4.79 Å². The summed E-state index contributed by atoms with van der Waals surface area (Å²) in [6, 6.07) is 18.2. The predicted octanol–water partition coefficient (Wildman–Crippen LogP) is 3.39. The van der Waals surface area contributed by atoms with Crippen molar-refractivity contribution in [1.82, 2.24) is 14.6 Å². The van der Waals surface area contributed by atoms with Crippen LogP contribution in [0.1, 0.15) is 39.9 Å². The molecular formula is C27H21N3O5S. The van der Waals surface area contributed by atoms with Crippen LogP contribution in [-0.4, -0.2) is 27.2 Å². The highest BCUT2D eigenvalue weighted by Crippen LogP contribution is 2.23. The van der Waals surface area contributed by atoms with E-state index in [1.165, 1.54) is 4.52 Å². The van der Waals surface area contributed by atoms with E-state index < -0.39 is 5.56 Å². The molecule has 0 aliphatic carbocycles. The number of thiazole rings is 1. The van der Waals surface area contributed by atoms with Crippen molar-refractivity contribution < 1.29 is 13.9 Å². The molecule has 5 aromatic rings. The van der Waals surface area contributed by atoms with Crippen LogP contribution in [0.25, 0.3) is 22.4 Å². The Balaban J connectivity index is 1.44. The first-order valence-corrected chi connectivity index (χ1v) is 12.1. The Bertz CT molecular complexity index is 1730. The van der Waals surface area contributed by atoms with Crippen molar-refractivity contribution in [3.63, 3.8) is 0 Å². The maximum Gasteiger partial charge on any atom is 0.338 e. The minimum absolute atomic E-state index is 0.212. The summed E-state index contributed by atoms with van der Waals surface area (Å²) in [5.41, 5.74) is 2.66. The zero-order chi connectivity index (χ0) is 25.2. The number of hydrogen-bond donors (Lipinski definition) is 0. The van der Waals surface area contributed by atoms with E-state index in [4.69, 9.17) is 9.15 Å². The maximum atomic E-state index is 13.0. The number of ether oxygens (including phenoxy) is 1. The van der Waals surface area contributed by atoms with Gasteiger partial charge in [0, 0.05) is 18.1 Å². The summed E-state index contributed by atoms with van der Waals surface area (Å²) in [5.74, 6) is 0.663. The summed E-state index contributed by atoms with van der Waals surface area (Å²) in [6.45, 7) is 4.05. The number of fused-ring (bicyclic) bond motifs is 1. The van der Waals surface area contributed by atoms with Crippen LogP contribution in [0, 0.1) is 6.92 Å². The van der Waals surface area contributed by atoms with E-state index in [1.54, 1.807) is 49.4 Å². The van der Waals surface area contributed by atoms with Crippen LogP contribution in [0.15, 0.2) is 74.7 Å². The van der Waals surface area contributed by atoms with Gasteiger partial charge in [0.15, 0.2) is 0 Å². The molecule has 0 bridgehead atoms. The molecule has 0 atom stereocenters. The fraction of sp³-hybridized carbons (Fsp3) is 0.148. The van der Waals surface area contributed by atoms with Crippen LogP contribution in [0.2, 0.25) is 0 Å². The second-order valence-electron chi connectivity index (χ2n) is 8.14.